The minimum atomic E-state index is 0.0645. The van der Waals surface area contributed by atoms with Crippen LogP contribution in [0.5, 0.6) is 0 Å². The van der Waals surface area contributed by atoms with Crippen molar-refractivity contribution < 1.29 is 0 Å². The van der Waals surface area contributed by atoms with Crippen LogP contribution in [0.3, 0.4) is 0 Å². The zero-order valence-electron chi connectivity index (χ0n) is 45.2. The lowest BCUT2D eigenvalue weighted by atomic mass is 9.80. The third-order valence-electron chi connectivity index (χ3n) is 13.8. The standard InChI is InChI=1S/C33H33N3S.C19H11BrN2S.C14H23N/c1-32(2,3)21-18-22(33(4,5)6)20-23(19-21)34-31-35-30-28(16-11-17-29(30)37-31)36-26-14-9-7-12-24(26)25-13-8-10-15-27(25)36;20-15-8-5-11-18(19(15)21-12-23)22-16-9-3-1-6-13(16)14-7-2-4-10-17(14)22;1-13(2,3)10-7-11(14(4,5)6)9-12(15)8-10/h7-20H,1-6H3,(H,34,35);1-11H;7-9H,15H2,1-6H3. The van der Waals surface area contributed by atoms with E-state index in [-0.39, 0.29) is 21.7 Å². The van der Waals surface area contributed by atoms with Gasteiger partial charge < -0.3 is 20.2 Å². The molecule has 0 unspecified atom stereocenters. The van der Waals surface area contributed by atoms with Crippen molar-refractivity contribution in [2.45, 2.75) is 105 Å². The van der Waals surface area contributed by atoms with Crippen molar-refractivity contribution in [1.82, 2.24) is 14.1 Å². The number of rotatable bonds is 5. The highest BCUT2D eigenvalue weighted by Crippen LogP contribution is 2.41. The normalized spacial score (nSPS) is 12.1. The predicted octanol–water partition coefficient (Wildman–Crippen LogP) is 19.9. The number of aromatic nitrogens is 3. The van der Waals surface area contributed by atoms with Crippen LogP contribution in [0.4, 0.5) is 22.2 Å². The first kappa shape index (κ1) is 53.0. The monoisotopic (exact) mass is 1090 g/mol. The van der Waals surface area contributed by atoms with E-state index in [0.29, 0.717) is 0 Å². The number of thiazole rings is 1. The van der Waals surface area contributed by atoms with Crippen molar-refractivity contribution in [3.8, 4) is 11.4 Å². The summed E-state index contributed by atoms with van der Waals surface area (Å²) in [5, 5.41) is 12.0. The molecule has 75 heavy (non-hydrogen) atoms. The van der Waals surface area contributed by atoms with Crippen molar-refractivity contribution in [2.24, 2.45) is 4.99 Å². The summed E-state index contributed by atoms with van der Waals surface area (Å²) >= 11 is 10.1. The average Bonchev–Trinajstić information content (AvgIpc) is 4.04. The molecule has 3 aromatic heterocycles. The van der Waals surface area contributed by atoms with E-state index < -0.39 is 0 Å². The molecule has 9 heteroatoms. The van der Waals surface area contributed by atoms with E-state index in [1.165, 1.54) is 59.5 Å². The highest BCUT2D eigenvalue weighted by molar-refractivity contribution is 9.10. The van der Waals surface area contributed by atoms with Gasteiger partial charge in [0.05, 0.1) is 43.3 Å². The van der Waals surface area contributed by atoms with E-state index in [2.05, 4.69) is 281 Å². The lowest BCUT2D eigenvalue weighted by Gasteiger charge is -2.26. The molecule has 380 valence electrons. The number of hydrogen-bond donors (Lipinski definition) is 2. The van der Waals surface area contributed by atoms with Gasteiger partial charge in [-0.15, -0.1) is 0 Å². The van der Waals surface area contributed by atoms with E-state index in [4.69, 9.17) is 22.9 Å². The number of benzene rings is 8. The number of nitrogen functional groups attached to an aromatic ring is 1. The Morgan fingerprint density at radius 1 is 0.507 bits per heavy atom. The number of aliphatic imine (C=N–C) groups is 1. The Kier molecular flexibility index (Phi) is 14.6. The zero-order valence-corrected chi connectivity index (χ0v) is 48.4. The van der Waals surface area contributed by atoms with Crippen LogP contribution in [0.2, 0.25) is 0 Å². The van der Waals surface area contributed by atoms with Crippen molar-refractivity contribution >= 4 is 121 Å². The van der Waals surface area contributed by atoms with Crippen LogP contribution in [0.25, 0.3) is 65.2 Å². The second kappa shape index (κ2) is 20.7. The molecule has 0 radical (unpaired) electrons. The number of thiocarbonyl (C=S) groups is 1. The smallest absolute Gasteiger partial charge is 0.188 e. The first-order chi connectivity index (χ1) is 35.5. The molecule has 0 aliphatic carbocycles. The van der Waals surface area contributed by atoms with E-state index in [1.807, 2.05) is 12.1 Å². The molecular weight excluding hydrogens is 1020 g/mol. The Balaban J connectivity index is 0.000000154. The minimum Gasteiger partial charge on any atom is -0.399 e. The van der Waals surface area contributed by atoms with Crippen LogP contribution in [0.1, 0.15) is 105 Å². The summed E-state index contributed by atoms with van der Waals surface area (Å²) in [6.07, 6.45) is 0. The summed E-state index contributed by atoms with van der Waals surface area (Å²) in [5.74, 6) is 0. The number of halogens is 1. The third-order valence-corrected chi connectivity index (χ3v) is 15.4. The fourth-order valence-electron chi connectivity index (χ4n) is 9.58. The number of nitrogens with zero attached hydrogens (tertiary/aromatic N) is 4. The molecule has 0 aliphatic heterocycles. The number of hydrogen-bond acceptors (Lipinski definition) is 6. The Morgan fingerprint density at radius 2 is 0.893 bits per heavy atom. The Hall–Kier alpha value is -6.87. The van der Waals surface area contributed by atoms with E-state index in [1.54, 1.807) is 11.3 Å². The Labute approximate surface area is 460 Å². The molecule has 0 spiro atoms. The highest BCUT2D eigenvalue weighted by atomic mass is 79.9. The molecule has 0 saturated heterocycles. The maximum Gasteiger partial charge on any atom is 0.188 e. The van der Waals surface area contributed by atoms with Crippen LogP contribution in [-0.2, 0) is 21.7 Å². The summed E-state index contributed by atoms with van der Waals surface area (Å²) < 4.78 is 6.65. The Morgan fingerprint density at radius 3 is 1.32 bits per heavy atom. The second-order valence-electron chi connectivity index (χ2n) is 23.5. The molecule has 3 heterocycles. The van der Waals surface area contributed by atoms with E-state index >= 15 is 0 Å². The third kappa shape index (κ3) is 11.1. The summed E-state index contributed by atoms with van der Waals surface area (Å²) in [6.45, 7) is 26.9. The van der Waals surface area contributed by atoms with Gasteiger partial charge in [-0.1, -0.05) is 191 Å². The molecular formula is C66H67BrN6S2. The van der Waals surface area contributed by atoms with Crippen LogP contribution in [0.15, 0.2) is 179 Å². The first-order valence-electron chi connectivity index (χ1n) is 25.6. The number of nitrogens with one attached hydrogen (secondary N) is 1. The van der Waals surface area contributed by atoms with Crippen molar-refractivity contribution in [3.63, 3.8) is 0 Å². The largest absolute Gasteiger partial charge is 0.399 e. The Bertz CT molecular complexity index is 3780. The predicted molar refractivity (Wildman–Crippen MR) is 333 cm³/mol. The molecule has 11 rings (SSSR count). The molecule has 0 aliphatic rings. The molecule has 0 fully saturated rings. The van der Waals surface area contributed by atoms with Gasteiger partial charge in [-0.3, -0.25) is 0 Å². The maximum absolute atomic E-state index is 5.95. The molecule has 6 nitrogen and oxygen atoms in total. The van der Waals surface area contributed by atoms with Gasteiger partial charge in [0.25, 0.3) is 0 Å². The van der Waals surface area contributed by atoms with Crippen LogP contribution in [-0.4, -0.2) is 19.3 Å². The molecule has 8 aromatic carbocycles. The summed E-state index contributed by atoms with van der Waals surface area (Å²) in [4.78, 5) is 9.42. The summed E-state index contributed by atoms with van der Waals surface area (Å²) in [5.41, 5.74) is 22.2. The molecule has 0 atom stereocenters. The number of fused-ring (bicyclic) bond motifs is 7. The fraction of sp³-hybridized carbons (Fsp3) is 0.242. The summed E-state index contributed by atoms with van der Waals surface area (Å²) in [7, 11) is 0. The van der Waals surface area contributed by atoms with Gasteiger partial charge in [-0.25, -0.2) is 4.98 Å². The van der Waals surface area contributed by atoms with Crippen LogP contribution >= 0.6 is 39.5 Å². The SMILES string of the molecule is CC(C)(C)c1cc(N)cc(C(C)(C)C)c1.CC(C)(C)c1cc(Nc2nc3c(-n4c5ccccc5c5ccccc54)cccc3s2)cc(C(C)(C)C)c1.S=C=Nc1c(Br)cccc1-n1c2ccccc2c2ccccc21. The van der Waals surface area contributed by atoms with Gasteiger partial charge in [0, 0.05) is 37.4 Å². The van der Waals surface area contributed by atoms with Gasteiger partial charge in [0.15, 0.2) is 5.13 Å². The first-order valence-corrected chi connectivity index (χ1v) is 27.6. The minimum absolute atomic E-state index is 0.0645. The van der Waals surface area contributed by atoms with E-state index in [9.17, 15) is 0 Å². The van der Waals surface area contributed by atoms with Gasteiger partial charge in [-0.2, -0.15) is 4.99 Å². The highest BCUT2D eigenvalue weighted by Gasteiger charge is 2.23. The fourth-order valence-corrected chi connectivity index (χ4v) is 11.0. The van der Waals surface area contributed by atoms with Crippen molar-refractivity contribution in [1.29, 1.82) is 0 Å². The molecule has 3 N–H and O–H groups in total. The molecule has 0 saturated carbocycles. The lowest BCUT2D eigenvalue weighted by Crippen LogP contribution is -2.16. The second-order valence-corrected chi connectivity index (χ2v) is 25.5. The average molecular weight is 1090 g/mol. The quantitative estimate of drug-likeness (QED) is 0.102. The van der Waals surface area contributed by atoms with Gasteiger partial charge >= 0.3 is 0 Å². The van der Waals surface area contributed by atoms with E-state index in [0.717, 1.165) is 54.6 Å². The number of anilines is 3. The number of para-hydroxylation sites is 6. The lowest BCUT2D eigenvalue weighted by molar-refractivity contribution is 0.568. The van der Waals surface area contributed by atoms with Gasteiger partial charge in [-0.05, 0) is 145 Å². The molecule has 11 aromatic rings. The van der Waals surface area contributed by atoms with Crippen molar-refractivity contribution in [2.75, 3.05) is 11.1 Å². The van der Waals surface area contributed by atoms with Crippen LogP contribution < -0.4 is 11.1 Å². The summed E-state index contributed by atoms with van der Waals surface area (Å²) in [6, 6.07) is 59.9. The zero-order chi connectivity index (χ0) is 53.6. The molecule has 0 amide bonds. The maximum atomic E-state index is 5.95. The van der Waals surface area contributed by atoms with Gasteiger partial charge in [0.2, 0.25) is 0 Å². The van der Waals surface area contributed by atoms with Crippen LogP contribution in [0, 0.1) is 0 Å². The van der Waals surface area contributed by atoms with Gasteiger partial charge in [0.1, 0.15) is 11.2 Å². The number of isothiocyanates is 1. The van der Waals surface area contributed by atoms with Crippen molar-refractivity contribution in [3.05, 3.63) is 197 Å². The molecule has 0 bridgehead atoms. The number of nitrogens with two attached hydrogens (primary N) is 1. The topological polar surface area (TPSA) is 73.2 Å².